The summed E-state index contributed by atoms with van der Waals surface area (Å²) < 4.78 is 32.6. The molecule has 0 aromatic heterocycles. The molecule has 10 nitrogen and oxygen atoms in total. The van der Waals surface area contributed by atoms with Gasteiger partial charge in [-0.2, -0.15) is 0 Å². The highest BCUT2D eigenvalue weighted by Gasteiger charge is 2.27. The predicted octanol–water partition coefficient (Wildman–Crippen LogP) is 10.8. The highest BCUT2D eigenvalue weighted by Crippen LogP contribution is 2.43. The molecule has 3 N–H and O–H groups in total. The zero-order chi connectivity index (χ0) is 39.1. The molecular weight excluding hydrogens is 695 g/mol. The maximum Gasteiger partial charge on any atom is 0.472 e. The van der Waals surface area contributed by atoms with Crippen LogP contribution in [0.5, 0.6) is 0 Å². The minimum Gasteiger partial charge on any atom is -0.462 e. The van der Waals surface area contributed by atoms with E-state index in [1.165, 1.54) is 64.2 Å². The predicted molar refractivity (Wildman–Crippen MR) is 214 cm³/mol. The lowest BCUT2D eigenvalue weighted by Crippen LogP contribution is -2.29. The van der Waals surface area contributed by atoms with Crippen LogP contribution in [0.25, 0.3) is 0 Å². The van der Waals surface area contributed by atoms with E-state index in [0.717, 1.165) is 77.0 Å². The first-order valence-electron chi connectivity index (χ1n) is 20.9. The molecule has 0 aliphatic rings. The molecule has 310 valence electrons. The second-order valence-electron chi connectivity index (χ2n) is 14.0. The molecule has 0 radical (unpaired) electrons. The van der Waals surface area contributed by atoms with Crippen molar-refractivity contribution < 1.29 is 47.8 Å². The standard InChI is InChI=1S/C42H77O10P/c1-3-5-7-9-11-13-15-17-19-20-22-24-26-28-30-32-34-42(46)52-40(38-51-53(47,48)50-36-39(44)35-43)37-49-41(45)33-31-29-27-25-23-21-18-16-14-12-10-8-6-4-2/h13,15-16,18-20,39-40,43-44H,3-12,14,17,21-38H2,1-2H3,(H,47,48)/b15-13-,18-16-,20-19-. The zero-order valence-electron chi connectivity index (χ0n) is 33.5. The van der Waals surface area contributed by atoms with E-state index in [2.05, 4.69) is 54.8 Å². The first-order chi connectivity index (χ1) is 25.7. The van der Waals surface area contributed by atoms with Gasteiger partial charge in [-0.1, -0.05) is 134 Å². The van der Waals surface area contributed by atoms with E-state index in [4.69, 9.17) is 19.1 Å². The SMILES string of the molecule is CCCCCC/C=C\C/C=C\CCCCCCCC(=O)OC(COC(=O)CCCCCCC/C=C\CCCCCCC)COP(=O)(O)OCC(O)CO. The Morgan fingerprint density at radius 3 is 1.49 bits per heavy atom. The fourth-order valence-electron chi connectivity index (χ4n) is 5.49. The Hall–Kier alpha value is -1.81. The summed E-state index contributed by atoms with van der Waals surface area (Å²) in [6, 6.07) is 0. The number of carbonyl (C=O) groups is 2. The fraction of sp³-hybridized carbons (Fsp3) is 0.810. The highest BCUT2D eigenvalue weighted by molar-refractivity contribution is 7.47. The van der Waals surface area contributed by atoms with Gasteiger partial charge < -0.3 is 24.6 Å². The minimum atomic E-state index is -4.62. The average molecular weight is 773 g/mol. The molecule has 11 heteroatoms. The van der Waals surface area contributed by atoms with Crippen LogP contribution in [0, 0.1) is 0 Å². The number of phosphoric ester groups is 1. The number of carbonyl (C=O) groups excluding carboxylic acids is 2. The third kappa shape index (κ3) is 38.3. The van der Waals surface area contributed by atoms with E-state index in [1.54, 1.807) is 0 Å². The van der Waals surface area contributed by atoms with Crippen molar-refractivity contribution in [2.45, 2.75) is 193 Å². The van der Waals surface area contributed by atoms with Gasteiger partial charge in [0.25, 0.3) is 0 Å². The summed E-state index contributed by atoms with van der Waals surface area (Å²) in [7, 11) is -4.62. The Balaban J connectivity index is 4.36. The van der Waals surface area contributed by atoms with E-state index in [-0.39, 0.29) is 19.4 Å². The summed E-state index contributed by atoms with van der Waals surface area (Å²) in [4.78, 5) is 34.9. The number of rotatable bonds is 39. The van der Waals surface area contributed by atoms with Crippen LogP contribution in [0.15, 0.2) is 36.5 Å². The molecule has 0 saturated heterocycles. The molecule has 3 atom stereocenters. The molecule has 0 saturated carbocycles. The van der Waals surface area contributed by atoms with Crippen molar-refractivity contribution in [2.24, 2.45) is 0 Å². The smallest absolute Gasteiger partial charge is 0.462 e. The second kappa shape index (κ2) is 38.5. The Morgan fingerprint density at radius 2 is 0.981 bits per heavy atom. The van der Waals surface area contributed by atoms with E-state index in [9.17, 15) is 24.2 Å². The van der Waals surface area contributed by atoms with Crippen LogP contribution in [0.2, 0.25) is 0 Å². The summed E-state index contributed by atoms with van der Waals surface area (Å²) in [6.45, 7) is 2.32. The number of aliphatic hydroxyl groups is 2. The highest BCUT2D eigenvalue weighted by atomic mass is 31.2. The van der Waals surface area contributed by atoms with Gasteiger partial charge in [0, 0.05) is 12.8 Å². The third-order valence-electron chi connectivity index (χ3n) is 8.77. The first kappa shape index (κ1) is 51.2. The van der Waals surface area contributed by atoms with Crippen molar-refractivity contribution in [3.8, 4) is 0 Å². The summed E-state index contributed by atoms with van der Waals surface area (Å²) in [6.07, 6.45) is 38.2. The number of esters is 2. The average Bonchev–Trinajstić information content (AvgIpc) is 3.14. The minimum absolute atomic E-state index is 0.167. The molecule has 0 aromatic carbocycles. The van der Waals surface area contributed by atoms with Crippen LogP contribution < -0.4 is 0 Å². The number of allylic oxidation sites excluding steroid dienone is 6. The second-order valence-corrected chi connectivity index (χ2v) is 15.5. The number of unbranched alkanes of at least 4 members (excludes halogenated alkanes) is 19. The van der Waals surface area contributed by atoms with Crippen molar-refractivity contribution >= 4 is 19.8 Å². The Bertz CT molecular complexity index is 983. The monoisotopic (exact) mass is 773 g/mol. The lowest BCUT2D eigenvalue weighted by molar-refractivity contribution is -0.161. The van der Waals surface area contributed by atoms with Gasteiger partial charge in [-0.3, -0.25) is 18.6 Å². The van der Waals surface area contributed by atoms with Crippen molar-refractivity contribution in [1.82, 2.24) is 0 Å². The molecule has 3 unspecified atom stereocenters. The summed E-state index contributed by atoms with van der Waals surface area (Å²) in [5.41, 5.74) is 0. The van der Waals surface area contributed by atoms with Crippen molar-refractivity contribution in [3.05, 3.63) is 36.5 Å². The van der Waals surface area contributed by atoms with E-state index >= 15 is 0 Å². The van der Waals surface area contributed by atoms with Gasteiger partial charge in [-0.25, -0.2) is 4.57 Å². The van der Waals surface area contributed by atoms with Crippen LogP contribution in [-0.2, 0) is 32.7 Å². The summed E-state index contributed by atoms with van der Waals surface area (Å²) in [5.74, 6) is -0.950. The van der Waals surface area contributed by atoms with Crippen molar-refractivity contribution in [3.63, 3.8) is 0 Å². The summed E-state index contributed by atoms with van der Waals surface area (Å²) in [5, 5.41) is 18.3. The molecule has 0 aliphatic heterocycles. The van der Waals surface area contributed by atoms with Gasteiger partial charge in [-0.05, 0) is 70.6 Å². The first-order valence-corrected chi connectivity index (χ1v) is 22.4. The molecule has 0 aromatic rings. The van der Waals surface area contributed by atoms with E-state index < -0.39 is 51.8 Å². The van der Waals surface area contributed by atoms with Crippen LogP contribution in [0.3, 0.4) is 0 Å². The van der Waals surface area contributed by atoms with Crippen LogP contribution >= 0.6 is 7.82 Å². The molecule has 0 heterocycles. The lowest BCUT2D eigenvalue weighted by atomic mass is 10.1. The van der Waals surface area contributed by atoms with Gasteiger partial charge in [-0.15, -0.1) is 0 Å². The molecule has 0 rings (SSSR count). The van der Waals surface area contributed by atoms with E-state index in [1.807, 2.05) is 0 Å². The molecule has 53 heavy (non-hydrogen) atoms. The van der Waals surface area contributed by atoms with Crippen LogP contribution in [0.1, 0.15) is 181 Å². The largest absolute Gasteiger partial charge is 0.472 e. The number of hydrogen-bond donors (Lipinski definition) is 3. The van der Waals surface area contributed by atoms with Crippen molar-refractivity contribution in [2.75, 3.05) is 26.4 Å². The van der Waals surface area contributed by atoms with Gasteiger partial charge in [0.1, 0.15) is 12.7 Å². The van der Waals surface area contributed by atoms with Crippen LogP contribution in [0.4, 0.5) is 0 Å². The number of ether oxygens (including phenoxy) is 2. The van der Waals surface area contributed by atoms with Gasteiger partial charge in [0.05, 0.1) is 19.8 Å². The normalized spacial score (nSPS) is 14.3. The zero-order valence-corrected chi connectivity index (χ0v) is 34.4. The Morgan fingerprint density at radius 1 is 0.566 bits per heavy atom. The maximum atomic E-state index is 12.6. The maximum absolute atomic E-state index is 12.6. The number of phosphoric acid groups is 1. The van der Waals surface area contributed by atoms with Gasteiger partial charge >= 0.3 is 19.8 Å². The molecule has 0 bridgehead atoms. The molecule has 0 fully saturated rings. The lowest BCUT2D eigenvalue weighted by Gasteiger charge is -2.20. The van der Waals surface area contributed by atoms with Gasteiger partial charge in [0.2, 0.25) is 0 Å². The van der Waals surface area contributed by atoms with Crippen LogP contribution in [-0.4, -0.2) is 65.7 Å². The summed E-state index contributed by atoms with van der Waals surface area (Å²) >= 11 is 0. The van der Waals surface area contributed by atoms with Crippen molar-refractivity contribution in [1.29, 1.82) is 0 Å². The third-order valence-corrected chi connectivity index (χ3v) is 9.72. The van der Waals surface area contributed by atoms with E-state index in [0.29, 0.717) is 12.8 Å². The van der Waals surface area contributed by atoms with Gasteiger partial charge in [0.15, 0.2) is 6.10 Å². The molecule has 0 spiro atoms. The quantitative estimate of drug-likeness (QED) is 0.0238. The molecule has 0 amide bonds. The Labute approximate surface area is 322 Å². The number of aliphatic hydroxyl groups excluding tert-OH is 2. The Kier molecular flexibility index (Phi) is 37.2. The fourth-order valence-corrected chi connectivity index (χ4v) is 6.28. The molecular formula is C42H77O10P. The number of hydrogen-bond acceptors (Lipinski definition) is 9. The topological polar surface area (TPSA) is 149 Å². The molecule has 0 aliphatic carbocycles.